The second-order valence-corrected chi connectivity index (χ2v) is 12.0. The van der Waals surface area contributed by atoms with Gasteiger partial charge in [0.05, 0.1) is 22.3 Å². The Labute approximate surface area is 173 Å². The molecule has 4 heterocycles. The molecule has 29 heavy (non-hydrogen) atoms. The van der Waals surface area contributed by atoms with Crippen molar-refractivity contribution in [2.45, 2.75) is 64.2 Å². The van der Waals surface area contributed by atoms with E-state index in [0.717, 1.165) is 31.8 Å². The fourth-order valence-electron chi connectivity index (χ4n) is 8.21. The van der Waals surface area contributed by atoms with Crippen LogP contribution >= 0.6 is 8.07 Å². The fourth-order valence-corrected chi connectivity index (χ4v) is 12.6. The summed E-state index contributed by atoms with van der Waals surface area (Å²) in [6.45, 7) is 12.9. The van der Waals surface area contributed by atoms with E-state index in [1.165, 1.54) is 31.8 Å². The Balaban J connectivity index is 1.86. The second-order valence-electron chi connectivity index (χ2n) is 9.81. The van der Waals surface area contributed by atoms with Crippen LogP contribution in [0.4, 0.5) is 0 Å². The maximum atomic E-state index is 13.5. The first-order valence-electron chi connectivity index (χ1n) is 10.6. The summed E-state index contributed by atoms with van der Waals surface area (Å²) in [5.41, 5.74) is 0.967. The number of carbonyl (C=O) groups is 2. The molecule has 6 rings (SSSR count). The minimum Gasteiger partial charge on any atom is -0.468 e. The third-order valence-corrected chi connectivity index (χ3v) is 13.2. The van der Waals surface area contributed by atoms with Gasteiger partial charge in [-0.15, -0.1) is 0 Å². The van der Waals surface area contributed by atoms with E-state index in [-0.39, 0.29) is 11.9 Å². The van der Waals surface area contributed by atoms with Gasteiger partial charge in [0, 0.05) is 29.3 Å². The van der Waals surface area contributed by atoms with Crippen LogP contribution in [-0.2, 0) is 19.1 Å². The number of ether oxygens (including phenoxy) is 2. The van der Waals surface area contributed by atoms with Gasteiger partial charge in [0.25, 0.3) is 0 Å². The predicted molar refractivity (Wildman–Crippen MR) is 112 cm³/mol. The maximum Gasteiger partial charge on any atom is 0.320 e. The standard InChI is InChI=1S/C22H31N2O4P/c1-13-14(2)19(4)20(5)15(24-11-9-8-10-12-24)23-29-21(16(25)27-6,18(13,20)3)22(19,29)17(26)28-7/h8-12H2,1-7H3/t18-,19+,20?,21+,22-,29?. The molecule has 2 unspecified atom stereocenters. The molecule has 6 nitrogen and oxygen atoms in total. The summed E-state index contributed by atoms with van der Waals surface area (Å²) in [5, 5.41) is -1.85. The zero-order chi connectivity index (χ0) is 21.2. The summed E-state index contributed by atoms with van der Waals surface area (Å²) in [4.78, 5) is 29.4. The minimum atomic E-state index is -1.29. The first kappa shape index (κ1) is 19.5. The van der Waals surface area contributed by atoms with Gasteiger partial charge in [-0.3, -0.25) is 9.59 Å². The highest BCUT2D eigenvalue weighted by Gasteiger charge is 3.09. The molecule has 0 spiro atoms. The van der Waals surface area contributed by atoms with Crippen molar-refractivity contribution >= 4 is 25.8 Å². The van der Waals surface area contributed by atoms with Crippen LogP contribution < -0.4 is 0 Å². The molecule has 0 N–H and O–H groups in total. The van der Waals surface area contributed by atoms with Crippen LogP contribution in [0.15, 0.2) is 15.9 Å². The van der Waals surface area contributed by atoms with Gasteiger partial charge in [-0.05, 0) is 33.1 Å². The Morgan fingerprint density at radius 1 is 0.862 bits per heavy atom. The number of piperidine rings is 1. The number of hydrogen-bond donors (Lipinski definition) is 0. The average molecular weight is 418 g/mol. The molecule has 158 valence electrons. The van der Waals surface area contributed by atoms with Crippen LogP contribution in [-0.4, -0.2) is 60.3 Å². The normalized spacial score (nSPS) is 49.1. The smallest absolute Gasteiger partial charge is 0.320 e. The van der Waals surface area contributed by atoms with Gasteiger partial charge in [0.15, 0.2) is 0 Å². The van der Waals surface area contributed by atoms with Crippen molar-refractivity contribution in [2.24, 2.45) is 21.0 Å². The third kappa shape index (κ3) is 1.39. The molecule has 0 amide bonds. The second kappa shape index (κ2) is 5.25. The van der Waals surface area contributed by atoms with Crippen molar-refractivity contribution in [1.29, 1.82) is 0 Å². The Hall–Kier alpha value is -1.42. The molecule has 6 bridgehead atoms. The lowest BCUT2D eigenvalue weighted by Gasteiger charge is -2.55. The Bertz CT molecular complexity index is 870. The lowest BCUT2D eigenvalue weighted by atomic mass is 9.58. The van der Waals surface area contributed by atoms with Crippen molar-refractivity contribution in [3.8, 4) is 0 Å². The van der Waals surface area contributed by atoms with Crippen molar-refractivity contribution in [3.05, 3.63) is 11.1 Å². The quantitative estimate of drug-likeness (QED) is 0.390. The van der Waals surface area contributed by atoms with Crippen molar-refractivity contribution in [1.82, 2.24) is 4.90 Å². The van der Waals surface area contributed by atoms with Gasteiger partial charge >= 0.3 is 11.9 Å². The lowest BCUT2D eigenvalue weighted by molar-refractivity contribution is -0.152. The summed E-state index contributed by atoms with van der Waals surface area (Å²) in [6.07, 6.45) is 3.57. The molecule has 6 aliphatic rings. The Morgan fingerprint density at radius 2 is 1.31 bits per heavy atom. The number of amidine groups is 1. The monoisotopic (exact) mass is 418 g/mol. The summed E-state index contributed by atoms with van der Waals surface area (Å²) in [6, 6.07) is 0. The van der Waals surface area contributed by atoms with Crippen molar-refractivity contribution < 1.29 is 19.1 Å². The van der Waals surface area contributed by atoms with E-state index in [1.807, 2.05) is 0 Å². The molecule has 0 aromatic rings. The summed E-state index contributed by atoms with van der Waals surface area (Å²) in [5.74, 6) is 0.528. The van der Waals surface area contributed by atoms with E-state index in [9.17, 15) is 9.59 Å². The molecule has 6 atom stereocenters. The van der Waals surface area contributed by atoms with Gasteiger partial charge in [-0.1, -0.05) is 31.9 Å². The number of nitrogens with zero attached hydrogens (tertiary/aromatic N) is 2. The van der Waals surface area contributed by atoms with Crippen molar-refractivity contribution in [2.75, 3.05) is 27.3 Å². The molecule has 0 radical (unpaired) electrons. The summed E-state index contributed by atoms with van der Waals surface area (Å²) in [7, 11) is 1.58. The van der Waals surface area contributed by atoms with Crippen LogP contribution in [0.25, 0.3) is 0 Å². The number of methoxy groups -OCH3 is 2. The van der Waals surface area contributed by atoms with Crippen molar-refractivity contribution in [3.63, 3.8) is 0 Å². The first-order valence-corrected chi connectivity index (χ1v) is 11.9. The fraction of sp³-hybridized carbons (Fsp3) is 0.773. The highest BCUT2D eigenvalue weighted by Crippen LogP contribution is 3.07. The molecule has 3 fully saturated rings. The highest BCUT2D eigenvalue weighted by molar-refractivity contribution is 7.72. The Kier molecular flexibility index (Phi) is 3.53. The van der Waals surface area contributed by atoms with Gasteiger partial charge in [-0.2, -0.15) is 0 Å². The van der Waals surface area contributed by atoms with E-state index < -0.39 is 34.6 Å². The minimum absolute atomic E-state index is 0.292. The lowest BCUT2D eigenvalue weighted by Crippen LogP contribution is -2.60. The van der Waals surface area contributed by atoms with Gasteiger partial charge < -0.3 is 14.4 Å². The molecule has 1 saturated carbocycles. The zero-order valence-electron chi connectivity index (χ0n) is 18.5. The molecular weight excluding hydrogens is 387 g/mol. The number of likely N-dealkylation sites (tertiary alicyclic amines) is 1. The summed E-state index contributed by atoms with van der Waals surface area (Å²) < 4.78 is 16.0. The Morgan fingerprint density at radius 3 is 1.72 bits per heavy atom. The predicted octanol–water partition coefficient (Wildman–Crippen LogP) is 3.50. The van der Waals surface area contributed by atoms with E-state index in [0.29, 0.717) is 0 Å². The van der Waals surface area contributed by atoms with Crippen LogP contribution in [0.2, 0.25) is 0 Å². The number of esters is 2. The van der Waals surface area contributed by atoms with E-state index in [1.54, 1.807) is 0 Å². The number of carbonyl (C=O) groups excluding carboxylic acids is 2. The SMILES string of the molecule is COC(=O)[C@@]12P3N=C(N4CCCCC4)C4(C)[C@]1(C)C(C)=C(C)[C@@]4(C)[C@]32C(=O)OC. The summed E-state index contributed by atoms with van der Waals surface area (Å²) >= 11 is 0. The molecule has 0 aromatic carbocycles. The van der Waals surface area contributed by atoms with E-state index in [2.05, 4.69) is 39.5 Å². The largest absolute Gasteiger partial charge is 0.468 e. The van der Waals surface area contributed by atoms with Gasteiger partial charge in [0.2, 0.25) is 0 Å². The number of hydrogen-bond acceptors (Lipinski definition) is 6. The molecule has 4 aliphatic heterocycles. The molecule has 0 aromatic heterocycles. The topological polar surface area (TPSA) is 68.2 Å². The molecular formula is C22H31N2O4P. The molecule has 2 saturated heterocycles. The number of rotatable bonds is 2. The van der Waals surface area contributed by atoms with Crippen LogP contribution in [0.3, 0.4) is 0 Å². The molecule has 7 heteroatoms. The maximum absolute atomic E-state index is 13.5. The van der Waals surface area contributed by atoms with Crippen LogP contribution in [0.5, 0.6) is 0 Å². The zero-order valence-corrected chi connectivity index (χ0v) is 19.4. The van der Waals surface area contributed by atoms with Crippen LogP contribution in [0, 0.1) is 16.2 Å². The first-order chi connectivity index (χ1) is 13.6. The van der Waals surface area contributed by atoms with Gasteiger partial charge in [-0.25, -0.2) is 4.76 Å². The molecule has 2 aliphatic carbocycles. The van der Waals surface area contributed by atoms with Crippen LogP contribution in [0.1, 0.15) is 53.9 Å². The highest BCUT2D eigenvalue weighted by atomic mass is 31.1. The number of allylic oxidation sites excluding steroid dienone is 2. The third-order valence-electron chi connectivity index (χ3n) is 9.88. The van der Waals surface area contributed by atoms with Gasteiger partial charge in [0.1, 0.15) is 16.1 Å². The van der Waals surface area contributed by atoms with E-state index in [4.69, 9.17) is 14.2 Å². The average Bonchev–Trinajstić information content (AvgIpc) is 3.33. The van der Waals surface area contributed by atoms with E-state index >= 15 is 0 Å².